The van der Waals surface area contributed by atoms with Crippen molar-refractivity contribution in [1.82, 2.24) is 29.7 Å². The van der Waals surface area contributed by atoms with Crippen molar-refractivity contribution >= 4 is 64.0 Å². The molecule has 5 N–H and O–H groups in total. The molecule has 4 heterocycles. The molecule has 2 aliphatic heterocycles. The quantitative estimate of drug-likeness (QED) is 0.132. The number of hydrogen-bond donors (Lipinski definition) is 5. The Morgan fingerprint density at radius 2 is 1.00 bits per heavy atom. The summed E-state index contributed by atoms with van der Waals surface area (Å²) < 4.78 is 27.8. The lowest BCUT2D eigenvalue weighted by Gasteiger charge is -2.26. The monoisotopic (exact) mass is 714 g/mol. The summed E-state index contributed by atoms with van der Waals surface area (Å²) in [5.41, 5.74) is 4.99. The Morgan fingerprint density at radius 1 is 0.683 bits per heavy atom. The van der Waals surface area contributed by atoms with Crippen LogP contribution < -0.4 is 22.2 Å². The van der Waals surface area contributed by atoms with Crippen LogP contribution in [0, 0.1) is 0 Å². The van der Waals surface area contributed by atoms with E-state index in [0.717, 1.165) is 70.1 Å². The number of aromatic amines is 4. The van der Waals surface area contributed by atoms with E-state index in [1.54, 1.807) is 0 Å². The van der Waals surface area contributed by atoms with Crippen LogP contribution >= 0.6 is 31.9 Å². The first kappa shape index (κ1) is 31.1. The molecule has 41 heavy (non-hydrogen) atoms. The van der Waals surface area contributed by atoms with E-state index in [1.165, 1.54) is 11.1 Å². The Bertz CT molecular complexity index is 1860. The van der Waals surface area contributed by atoms with Crippen LogP contribution in [-0.4, -0.2) is 76.1 Å². The van der Waals surface area contributed by atoms with Gasteiger partial charge in [-0.2, -0.15) is 8.42 Å². The molecule has 0 bridgehead atoms. The molecule has 16 heteroatoms. The van der Waals surface area contributed by atoms with Crippen molar-refractivity contribution in [3.05, 3.63) is 84.7 Å². The van der Waals surface area contributed by atoms with Crippen LogP contribution in [0.5, 0.6) is 0 Å². The highest BCUT2D eigenvalue weighted by Gasteiger charge is 2.21. The molecular formula is C25H28Br2N6O7S. The second kappa shape index (κ2) is 12.1. The standard InChI is InChI=1S/2C12H12BrN3O2.CH4O3S/c2*1-16-3-2-6-7(5-16)10-9(4-8(6)13)14-11(17)12(18)15-10;1-5(2,3)4/h2*4H,2-3,5H2,1H3,(H,14,17)(H,15,18);1H3,(H,2,3,4). The fraction of sp³-hybridized carbons (Fsp3) is 0.360. The third-order valence-electron chi connectivity index (χ3n) is 6.72. The number of halogens is 2. The van der Waals surface area contributed by atoms with Gasteiger partial charge in [-0.15, -0.1) is 0 Å². The van der Waals surface area contributed by atoms with Crippen LogP contribution in [0.15, 0.2) is 40.3 Å². The average Bonchev–Trinajstić information content (AvgIpc) is 2.86. The normalized spacial score (nSPS) is 15.4. The predicted molar refractivity (Wildman–Crippen MR) is 163 cm³/mol. The van der Waals surface area contributed by atoms with E-state index in [1.807, 2.05) is 26.2 Å². The summed E-state index contributed by atoms with van der Waals surface area (Å²) in [5, 5.41) is 0. The van der Waals surface area contributed by atoms with E-state index < -0.39 is 32.4 Å². The maximum atomic E-state index is 11.5. The molecule has 6 rings (SSSR count). The molecule has 220 valence electrons. The first-order chi connectivity index (χ1) is 19.1. The predicted octanol–water partition coefficient (Wildman–Crippen LogP) is 1.44. The number of H-pyrrole nitrogens is 4. The summed E-state index contributed by atoms with van der Waals surface area (Å²) in [6, 6.07) is 3.72. The Morgan fingerprint density at radius 3 is 1.34 bits per heavy atom. The van der Waals surface area contributed by atoms with Crippen molar-refractivity contribution < 1.29 is 13.0 Å². The summed E-state index contributed by atoms with van der Waals surface area (Å²) in [5.74, 6) is 0. The number of hydrogen-bond acceptors (Lipinski definition) is 8. The third-order valence-corrected chi connectivity index (χ3v) is 8.13. The summed E-state index contributed by atoms with van der Waals surface area (Å²) in [6.45, 7) is 3.52. The van der Waals surface area contributed by atoms with Crippen LogP contribution in [0.2, 0.25) is 0 Å². The maximum absolute atomic E-state index is 11.5. The van der Waals surface area contributed by atoms with Gasteiger partial charge in [0.1, 0.15) is 0 Å². The number of aromatic nitrogens is 4. The molecule has 0 unspecified atom stereocenters. The molecule has 0 atom stereocenters. The smallest absolute Gasteiger partial charge is 0.314 e. The van der Waals surface area contributed by atoms with Gasteiger partial charge in [-0.3, -0.25) is 23.7 Å². The van der Waals surface area contributed by atoms with Crippen molar-refractivity contribution in [3.63, 3.8) is 0 Å². The van der Waals surface area contributed by atoms with Gasteiger partial charge in [0.15, 0.2) is 0 Å². The topological polar surface area (TPSA) is 192 Å². The Balaban J connectivity index is 0.000000163. The molecule has 0 radical (unpaired) electrons. The highest BCUT2D eigenvalue weighted by molar-refractivity contribution is 9.10. The zero-order valence-corrected chi connectivity index (χ0v) is 26.3. The lowest BCUT2D eigenvalue weighted by atomic mass is 9.98. The first-order valence-electron chi connectivity index (χ1n) is 12.3. The fourth-order valence-electron chi connectivity index (χ4n) is 4.86. The van der Waals surface area contributed by atoms with Crippen LogP contribution in [-0.2, 0) is 36.0 Å². The number of fused-ring (bicyclic) bond motifs is 6. The van der Waals surface area contributed by atoms with E-state index in [0.29, 0.717) is 17.3 Å². The van der Waals surface area contributed by atoms with Gasteiger partial charge in [-0.05, 0) is 61.3 Å². The zero-order valence-electron chi connectivity index (χ0n) is 22.4. The maximum Gasteiger partial charge on any atom is 0.314 e. The van der Waals surface area contributed by atoms with Gasteiger partial charge in [-0.25, -0.2) is 0 Å². The molecule has 0 fully saturated rings. The summed E-state index contributed by atoms with van der Waals surface area (Å²) in [7, 11) is 0.416. The van der Waals surface area contributed by atoms with Crippen molar-refractivity contribution in [2.45, 2.75) is 25.9 Å². The fourth-order valence-corrected chi connectivity index (χ4v) is 6.19. The molecule has 0 saturated carbocycles. The highest BCUT2D eigenvalue weighted by atomic mass is 79.9. The van der Waals surface area contributed by atoms with Crippen molar-refractivity contribution in [1.29, 1.82) is 0 Å². The average molecular weight is 716 g/mol. The Labute approximate surface area is 250 Å². The molecular weight excluding hydrogens is 688 g/mol. The minimum atomic E-state index is -3.67. The van der Waals surface area contributed by atoms with Crippen LogP contribution in [0.1, 0.15) is 22.3 Å². The van der Waals surface area contributed by atoms with E-state index in [2.05, 4.69) is 61.6 Å². The molecule has 0 saturated heterocycles. The lowest BCUT2D eigenvalue weighted by Crippen LogP contribution is -2.31. The van der Waals surface area contributed by atoms with Crippen LogP contribution in [0.4, 0.5) is 0 Å². The van der Waals surface area contributed by atoms with Crippen molar-refractivity contribution in [2.24, 2.45) is 0 Å². The number of benzene rings is 2. The summed E-state index contributed by atoms with van der Waals surface area (Å²) in [6.07, 6.45) is 2.58. The molecule has 0 aliphatic carbocycles. The second-order valence-corrected chi connectivity index (χ2v) is 13.2. The van der Waals surface area contributed by atoms with Gasteiger partial charge < -0.3 is 29.7 Å². The van der Waals surface area contributed by atoms with E-state index in [9.17, 15) is 27.6 Å². The molecule has 2 aromatic carbocycles. The van der Waals surface area contributed by atoms with Crippen LogP contribution in [0.3, 0.4) is 0 Å². The summed E-state index contributed by atoms with van der Waals surface area (Å²) >= 11 is 7.07. The lowest BCUT2D eigenvalue weighted by molar-refractivity contribution is 0.314. The number of nitrogens with one attached hydrogen (secondary N) is 4. The molecule has 2 aliphatic rings. The van der Waals surface area contributed by atoms with Crippen molar-refractivity contribution in [2.75, 3.05) is 33.4 Å². The highest BCUT2D eigenvalue weighted by Crippen LogP contribution is 2.31. The summed E-state index contributed by atoms with van der Waals surface area (Å²) in [4.78, 5) is 60.6. The SMILES string of the molecule is CN1CCc2c(Br)cc3[nH]c(=O)c(=O)[nH]c3c2C1.CN1CCc2c(Br)cc3[nH]c(=O)c(=O)[nH]c3c2C1.CS(=O)(=O)O. The van der Waals surface area contributed by atoms with E-state index in [-0.39, 0.29) is 0 Å². The molecule has 4 aromatic rings. The van der Waals surface area contributed by atoms with Gasteiger partial charge in [0.2, 0.25) is 0 Å². The Hall–Kier alpha value is -2.89. The molecule has 0 spiro atoms. The zero-order chi connectivity index (χ0) is 30.2. The largest absolute Gasteiger partial charge is 0.316 e. The number of nitrogens with zero attached hydrogens (tertiary/aromatic N) is 2. The van der Waals surface area contributed by atoms with Gasteiger partial charge in [0.05, 0.1) is 28.3 Å². The van der Waals surface area contributed by atoms with E-state index in [4.69, 9.17) is 4.55 Å². The van der Waals surface area contributed by atoms with Gasteiger partial charge >= 0.3 is 22.2 Å². The molecule has 13 nitrogen and oxygen atoms in total. The third kappa shape index (κ3) is 7.31. The van der Waals surface area contributed by atoms with Gasteiger partial charge in [0, 0.05) is 35.1 Å². The minimum absolute atomic E-state index is 0.597. The van der Waals surface area contributed by atoms with Gasteiger partial charge in [0.25, 0.3) is 10.1 Å². The van der Waals surface area contributed by atoms with Crippen LogP contribution in [0.25, 0.3) is 22.1 Å². The number of likely N-dealkylation sites (N-methyl/N-ethyl adjacent to an activating group) is 2. The Kier molecular flexibility index (Phi) is 9.20. The first-order valence-corrected chi connectivity index (χ1v) is 15.8. The number of rotatable bonds is 0. The second-order valence-electron chi connectivity index (χ2n) is 10.0. The van der Waals surface area contributed by atoms with Gasteiger partial charge in [-0.1, -0.05) is 31.9 Å². The molecule has 0 amide bonds. The minimum Gasteiger partial charge on any atom is -0.316 e. The van der Waals surface area contributed by atoms with Crippen molar-refractivity contribution in [3.8, 4) is 0 Å². The molecule has 2 aromatic heterocycles. The van der Waals surface area contributed by atoms with E-state index >= 15 is 0 Å².